The number of hydrogen-bond donors (Lipinski definition) is 1. The summed E-state index contributed by atoms with van der Waals surface area (Å²) in [5.74, 6) is 1.60. The number of rotatable bonds is 5. The number of aliphatic imine (C=N–C) groups is 1. The minimum atomic E-state index is 0. The Morgan fingerprint density at radius 2 is 2.14 bits per heavy atom. The van der Waals surface area contributed by atoms with E-state index in [1.54, 1.807) is 0 Å². The molecule has 118 valence electrons. The molecule has 0 aromatic heterocycles. The van der Waals surface area contributed by atoms with E-state index in [4.69, 9.17) is 4.74 Å². The second-order valence-corrected chi connectivity index (χ2v) is 5.32. The fraction of sp³-hybridized carbons (Fsp3) is 0.562. The second-order valence-electron chi connectivity index (χ2n) is 5.32. The van der Waals surface area contributed by atoms with Crippen molar-refractivity contribution in [1.82, 2.24) is 10.2 Å². The van der Waals surface area contributed by atoms with Crippen LogP contribution < -0.4 is 5.32 Å². The van der Waals surface area contributed by atoms with Gasteiger partial charge in [-0.25, -0.2) is 0 Å². The van der Waals surface area contributed by atoms with E-state index in [1.165, 1.54) is 5.56 Å². The average Bonchev–Trinajstić information content (AvgIpc) is 2.97. The monoisotopic (exact) mass is 403 g/mol. The lowest BCUT2D eigenvalue weighted by molar-refractivity contribution is 0.181. The highest BCUT2D eigenvalue weighted by Crippen LogP contribution is 2.13. The molecule has 0 amide bonds. The number of hydrogen-bond acceptors (Lipinski definition) is 2. The number of ether oxygens (including phenoxy) is 1. The van der Waals surface area contributed by atoms with E-state index >= 15 is 0 Å². The van der Waals surface area contributed by atoms with E-state index in [-0.39, 0.29) is 24.0 Å². The van der Waals surface area contributed by atoms with Crippen molar-refractivity contribution < 1.29 is 4.74 Å². The zero-order valence-electron chi connectivity index (χ0n) is 12.9. The van der Waals surface area contributed by atoms with Crippen LogP contribution in [-0.4, -0.2) is 51.3 Å². The van der Waals surface area contributed by atoms with Gasteiger partial charge in [-0.15, -0.1) is 24.0 Å². The van der Waals surface area contributed by atoms with Gasteiger partial charge in [0.15, 0.2) is 5.96 Å². The summed E-state index contributed by atoms with van der Waals surface area (Å²) in [4.78, 5) is 6.55. The minimum absolute atomic E-state index is 0. The largest absolute Gasteiger partial charge is 0.381 e. The fourth-order valence-electron chi connectivity index (χ4n) is 2.55. The van der Waals surface area contributed by atoms with Gasteiger partial charge in [0.2, 0.25) is 0 Å². The van der Waals surface area contributed by atoms with Crippen molar-refractivity contribution in [2.45, 2.75) is 12.8 Å². The van der Waals surface area contributed by atoms with E-state index < -0.39 is 0 Å². The average molecular weight is 403 g/mol. The Labute approximate surface area is 145 Å². The van der Waals surface area contributed by atoms with Gasteiger partial charge in [-0.3, -0.25) is 4.99 Å². The van der Waals surface area contributed by atoms with Crippen molar-refractivity contribution in [1.29, 1.82) is 0 Å². The highest BCUT2D eigenvalue weighted by molar-refractivity contribution is 14.0. The Kier molecular flexibility index (Phi) is 8.68. The lowest BCUT2D eigenvalue weighted by Gasteiger charge is -2.24. The first-order valence-corrected chi connectivity index (χ1v) is 7.33. The lowest BCUT2D eigenvalue weighted by Crippen LogP contribution is -2.42. The van der Waals surface area contributed by atoms with Gasteiger partial charge < -0.3 is 15.0 Å². The first-order chi connectivity index (χ1) is 9.79. The number of halogens is 1. The zero-order valence-corrected chi connectivity index (χ0v) is 15.2. The molecule has 5 heteroatoms. The second kappa shape index (κ2) is 10.00. The molecule has 0 bridgehead atoms. The maximum atomic E-state index is 5.42. The lowest BCUT2D eigenvalue weighted by atomic mass is 10.1. The van der Waals surface area contributed by atoms with E-state index in [0.29, 0.717) is 5.92 Å². The molecule has 1 unspecified atom stereocenters. The molecule has 21 heavy (non-hydrogen) atoms. The fourth-order valence-corrected chi connectivity index (χ4v) is 2.55. The third kappa shape index (κ3) is 6.22. The number of nitrogens with zero attached hydrogens (tertiary/aromatic N) is 2. The molecule has 0 spiro atoms. The van der Waals surface area contributed by atoms with E-state index in [9.17, 15) is 0 Å². The minimum Gasteiger partial charge on any atom is -0.381 e. The summed E-state index contributed by atoms with van der Waals surface area (Å²) in [5, 5.41) is 3.43. The SMILES string of the molecule is CN=C(NCCc1ccccc1)N(C)CC1CCOC1.I. The van der Waals surface area contributed by atoms with Crippen LogP contribution in [0.25, 0.3) is 0 Å². The van der Waals surface area contributed by atoms with Crippen LogP contribution >= 0.6 is 24.0 Å². The Balaban J connectivity index is 0.00000220. The summed E-state index contributed by atoms with van der Waals surface area (Å²) < 4.78 is 5.42. The molecule has 0 aliphatic carbocycles. The molecule has 1 aliphatic rings. The number of benzene rings is 1. The van der Waals surface area contributed by atoms with Crippen molar-refractivity contribution in [3.8, 4) is 0 Å². The zero-order chi connectivity index (χ0) is 14.2. The van der Waals surface area contributed by atoms with Crippen LogP contribution in [0.2, 0.25) is 0 Å². The van der Waals surface area contributed by atoms with Gasteiger partial charge in [0, 0.05) is 39.7 Å². The predicted molar refractivity (Wildman–Crippen MR) is 98.5 cm³/mol. The van der Waals surface area contributed by atoms with Crippen LogP contribution in [-0.2, 0) is 11.2 Å². The van der Waals surface area contributed by atoms with E-state index in [0.717, 1.165) is 45.1 Å². The van der Waals surface area contributed by atoms with Crippen molar-refractivity contribution in [3.05, 3.63) is 35.9 Å². The molecule has 2 rings (SSSR count). The molecule has 0 saturated carbocycles. The predicted octanol–water partition coefficient (Wildman–Crippen LogP) is 2.39. The third-order valence-corrected chi connectivity index (χ3v) is 3.67. The van der Waals surface area contributed by atoms with Gasteiger partial charge in [0.1, 0.15) is 0 Å². The summed E-state index contributed by atoms with van der Waals surface area (Å²) in [6.45, 7) is 3.69. The van der Waals surface area contributed by atoms with Gasteiger partial charge in [0.25, 0.3) is 0 Å². The molecular weight excluding hydrogens is 377 g/mol. The highest BCUT2D eigenvalue weighted by atomic mass is 127. The molecular formula is C16H26IN3O. The molecule has 1 aromatic carbocycles. The molecule has 1 N–H and O–H groups in total. The summed E-state index contributed by atoms with van der Waals surface area (Å²) in [6, 6.07) is 10.5. The molecule has 1 saturated heterocycles. The Hall–Kier alpha value is -0.820. The summed E-state index contributed by atoms with van der Waals surface area (Å²) in [7, 11) is 3.93. The Morgan fingerprint density at radius 3 is 2.76 bits per heavy atom. The number of guanidine groups is 1. The maximum absolute atomic E-state index is 5.42. The van der Waals surface area contributed by atoms with Crippen LogP contribution in [0, 0.1) is 5.92 Å². The van der Waals surface area contributed by atoms with Crippen molar-refractivity contribution in [2.24, 2.45) is 10.9 Å². The van der Waals surface area contributed by atoms with E-state index in [2.05, 4.69) is 46.5 Å². The van der Waals surface area contributed by atoms with E-state index in [1.807, 2.05) is 13.1 Å². The maximum Gasteiger partial charge on any atom is 0.193 e. The van der Waals surface area contributed by atoms with Crippen LogP contribution in [0.5, 0.6) is 0 Å². The first-order valence-electron chi connectivity index (χ1n) is 7.33. The molecule has 1 atom stereocenters. The quantitative estimate of drug-likeness (QED) is 0.466. The summed E-state index contributed by atoms with van der Waals surface area (Å²) in [5.41, 5.74) is 1.35. The van der Waals surface area contributed by atoms with Crippen molar-refractivity contribution in [2.75, 3.05) is 40.4 Å². The highest BCUT2D eigenvalue weighted by Gasteiger charge is 2.18. The molecule has 1 aromatic rings. The standard InChI is InChI=1S/C16H25N3O.HI/c1-17-16(19(2)12-15-9-11-20-13-15)18-10-8-14-6-4-3-5-7-14;/h3-7,15H,8-13H2,1-2H3,(H,17,18);1H. The molecule has 1 heterocycles. The van der Waals surface area contributed by atoms with Crippen molar-refractivity contribution >= 4 is 29.9 Å². The Bertz CT molecular complexity index is 419. The van der Waals surface area contributed by atoms with Crippen LogP contribution in [0.1, 0.15) is 12.0 Å². The van der Waals surface area contributed by atoms with Crippen molar-refractivity contribution in [3.63, 3.8) is 0 Å². The van der Waals surface area contributed by atoms with Gasteiger partial charge in [-0.1, -0.05) is 30.3 Å². The van der Waals surface area contributed by atoms with Crippen LogP contribution in [0.4, 0.5) is 0 Å². The molecule has 1 fully saturated rings. The van der Waals surface area contributed by atoms with Crippen LogP contribution in [0.3, 0.4) is 0 Å². The first kappa shape index (κ1) is 18.2. The summed E-state index contributed by atoms with van der Waals surface area (Å²) in [6.07, 6.45) is 2.17. The van der Waals surface area contributed by atoms with Gasteiger partial charge in [-0.05, 0) is 18.4 Å². The molecule has 1 aliphatic heterocycles. The van der Waals surface area contributed by atoms with Gasteiger partial charge >= 0.3 is 0 Å². The number of nitrogens with one attached hydrogen (secondary N) is 1. The van der Waals surface area contributed by atoms with Gasteiger partial charge in [-0.2, -0.15) is 0 Å². The van der Waals surface area contributed by atoms with Gasteiger partial charge in [0.05, 0.1) is 6.61 Å². The molecule has 4 nitrogen and oxygen atoms in total. The molecule has 0 radical (unpaired) electrons. The third-order valence-electron chi connectivity index (χ3n) is 3.67. The Morgan fingerprint density at radius 1 is 1.38 bits per heavy atom. The summed E-state index contributed by atoms with van der Waals surface area (Å²) >= 11 is 0. The normalized spacial score (nSPS) is 18.2. The van der Waals surface area contributed by atoms with Crippen LogP contribution in [0.15, 0.2) is 35.3 Å². The topological polar surface area (TPSA) is 36.9 Å². The smallest absolute Gasteiger partial charge is 0.193 e.